The van der Waals surface area contributed by atoms with Gasteiger partial charge in [-0.3, -0.25) is 9.59 Å². The van der Waals surface area contributed by atoms with E-state index >= 15 is 0 Å². The third kappa shape index (κ3) is 5.83. The van der Waals surface area contributed by atoms with Gasteiger partial charge in [-0.1, -0.05) is 48.5 Å². The quantitative estimate of drug-likeness (QED) is 0.328. The first-order valence-electron chi connectivity index (χ1n) is 10.1. The van der Waals surface area contributed by atoms with Crippen LogP contribution in [0, 0.1) is 0 Å². The topological polar surface area (TPSA) is 137 Å². The number of aromatic nitrogens is 1. The highest BCUT2D eigenvalue weighted by atomic mass is 16.4. The first kappa shape index (κ1) is 22.8. The highest BCUT2D eigenvalue weighted by Gasteiger charge is 2.30. The number of rotatable bonds is 9. The Morgan fingerprint density at radius 1 is 1.09 bits per heavy atom. The SMILES string of the molecule is CC(N)(Cc1c[nH]c2ccccc12)C(=O)NCC(NC(=O)C=CC(=O)O)c1ccccc1. The Kier molecular flexibility index (Phi) is 7.07. The number of hydrogen-bond acceptors (Lipinski definition) is 4. The van der Waals surface area contributed by atoms with Gasteiger partial charge >= 0.3 is 5.97 Å². The minimum atomic E-state index is -1.22. The molecule has 2 atom stereocenters. The number of hydrogen-bond donors (Lipinski definition) is 5. The van der Waals surface area contributed by atoms with E-state index in [-0.39, 0.29) is 12.5 Å². The molecule has 0 aliphatic heterocycles. The summed E-state index contributed by atoms with van der Waals surface area (Å²) in [5, 5.41) is 15.3. The second-order valence-corrected chi connectivity index (χ2v) is 7.81. The highest BCUT2D eigenvalue weighted by molar-refractivity contribution is 5.94. The smallest absolute Gasteiger partial charge is 0.328 e. The van der Waals surface area contributed by atoms with Crippen LogP contribution < -0.4 is 16.4 Å². The fourth-order valence-electron chi connectivity index (χ4n) is 3.45. The number of carboxylic acids is 1. The molecule has 8 nitrogen and oxygen atoms in total. The molecule has 3 rings (SSSR count). The lowest BCUT2D eigenvalue weighted by atomic mass is 9.92. The molecular weight excluding hydrogens is 408 g/mol. The predicted molar refractivity (Wildman–Crippen MR) is 122 cm³/mol. The van der Waals surface area contributed by atoms with Crippen LogP contribution in [0.25, 0.3) is 10.9 Å². The predicted octanol–water partition coefficient (Wildman–Crippen LogP) is 2.04. The molecule has 0 aliphatic rings. The number of aromatic amines is 1. The van der Waals surface area contributed by atoms with Crippen LogP contribution in [0.5, 0.6) is 0 Å². The number of amides is 2. The number of fused-ring (bicyclic) bond motifs is 1. The summed E-state index contributed by atoms with van der Waals surface area (Å²) in [6.45, 7) is 1.76. The van der Waals surface area contributed by atoms with Gasteiger partial charge in [0.15, 0.2) is 0 Å². The lowest BCUT2D eigenvalue weighted by Gasteiger charge is -2.26. The average molecular weight is 434 g/mol. The van der Waals surface area contributed by atoms with Gasteiger partial charge in [-0.25, -0.2) is 4.79 Å². The van der Waals surface area contributed by atoms with E-state index < -0.39 is 23.5 Å². The molecule has 32 heavy (non-hydrogen) atoms. The molecule has 3 aromatic rings. The molecule has 0 saturated heterocycles. The van der Waals surface area contributed by atoms with Crippen molar-refractivity contribution < 1.29 is 19.5 Å². The second kappa shape index (κ2) is 9.93. The van der Waals surface area contributed by atoms with Gasteiger partial charge in [0.05, 0.1) is 11.6 Å². The van der Waals surface area contributed by atoms with Crippen LogP contribution in [0.2, 0.25) is 0 Å². The van der Waals surface area contributed by atoms with Crippen LogP contribution >= 0.6 is 0 Å². The van der Waals surface area contributed by atoms with E-state index in [9.17, 15) is 14.4 Å². The number of para-hydroxylation sites is 1. The zero-order valence-electron chi connectivity index (χ0n) is 17.7. The maximum atomic E-state index is 12.9. The molecule has 2 unspecified atom stereocenters. The number of aliphatic carboxylic acids is 1. The fourth-order valence-corrected chi connectivity index (χ4v) is 3.45. The maximum Gasteiger partial charge on any atom is 0.328 e. The van der Waals surface area contributed by atoms with Crippen molar-refractivity contribution in [2.75, 3.05) is 6.54 Å². The Labute approximate surface area is 185 Å². The monoisotopic (exact) mass is 434 g/mol. The van der Waals surface area contributed by atoms with Crippen molar-refractivity contribution in [2.45, 2.75) is 24.9 Å². The molecule has 2 amide bonds. The number of H-pyrrole nitrogens is 1. The summed E-state index contributed by atoms with van der Waals surface area (Å²) >= 11 is 0. The van der Waals surface area contributed by atoms with Crippen LogP contribution in [0.3, 0.4) is 0 Å². The Hall–Kier alpha value is -3.91. The van der Waals surface area contributed by atoms with Gasteiger partial charge in [0.25, 0.3) is 0 Å². The molecule has 6 N–H and O–H groups in total. The van der Waals surface area contributed by atoms with Crippen molar-refractivity contribution >= 4 is 28.7 Å². The van der Waals surface area contributed by atoms with Gasteiger partial charge in [-0.2, -0.15) is 0 Å². The maximum absolute atomic E-state index is 12.9. The van der Waals surface area contributed by atoms with E-state index in [1.54, 1.807) is 6.92 Å². The first-order chi connectivity index (χ1) is 15.3. The highest BCUT2D eigenvalue weighted by Crippen LogP contribution is 2.22. The van der Waals surface area contributed by atoms with Crippen LogP contribution in [-0.4, -0.2) is 40.0 Å². The molecule has 0 bridgehead atoms. The Morgan fingerprint density at radius 2 is 1.78 bits per heavy atom. The third-order valence-corrected chi connectivity index (χ3v) is 5.11. The Bertz CT molecular complexity index is 1140. The summed E-state index contributed by atoms with van der Waals surface area (Å²) < 4.78 is 0. The average Bonchev–Trinajstić information content (AvgIpc) is 3.17. The van der Waals surface area contributed by atoms with Crippen LogP contribution in [0.15, 0.2) is 72.9 Å². The molecule has 0 radical (unpaired) electrons. The summed E-state index contributed by atoms with van der Waals surface area (Å²) in [4.78, 5) is 38.9. The number of carbonyl (C=O) groups excluding carboxylic acids is 2. The van der Waals surface area contributed by atoms with E-state index in [0.717, 1.165) is 34.2 Å². The minimum Gasteiger partial charge on any atom is -0.478 e. The number of nitrogens with two attached hydrogens (primary N) is 1. The Morgan fingerprint density at radius 3 is 2.50 bits per heavy atom. The summed E-state index contributed by atoms with van der Waals surface area (Å²) in [5.41, 5.74) is 7.85. The standard InChI is InChI=1S/C24H26N4O4/c1-24(25,13-17-14-26-19-10-6-5-9-18(17)19)23(32)27-15-20(16-7-3-2-4-8-16)28-21(29)11-12-22(30)31/h2-12,14,20,26H,13,15,25H2,1H3,(H,27,32)(H,28,29)(H,30,31). The Balaban J connectivity index is 1.69. The van der Waals surface area contributed by atoms with Crippen LogP contribution in [-0.2, 0) is 20.8 Å². The molecule has 2 aromatic carbocycles. The van der Waals surface area contributed by atoms with Gasteiger partial charge in [-0.05, 0) is 24.1 Å². The number of carbonyl (C=O) groups is 3. The van der Waals surface area contributed by atoms with Crippen molar-refractivity contribution in [3.05, 3.63) is 84.1 Å². The fraction of sp³-hybridized carbons (Fsp3) is 0.208. The summed E-state index contributed by atoms with van der Waals surface area (Å²) in [6, 6.07) is 16.3. The lowest BCUT2D eigenvalue weighted by Crippen LogP contribution is -2.54. The van der Waals surface area contributed by atoms with E-state index in [2.05, 4.69) is 15.6 Å². The van der Waals surface area contributed by atoms with Gasteiger partial charge in [0.2, 0.25) is 11.8 Å². The number of carboxylic acid groups (broad SMARTS) is 1. The molecule has 8 heteroatoms. The van der Waals surface area contributed by atoms with Crippen molar-refractivity contribution in [2.24, 2.45) is 5.73 Å². The zero-order valence-corrected chi connectivity index (χ0v) is 17.7. The minimum absolute atomic E-state index is 0.0934. The second-order valence-electron chi connectivity index (χ2n) is 7.81. The molecule has 0 aliphatic carbocycles. The summed E-state index contributed by atoms with van der Waals surface area (Å²) in [5.74, 6) is -2.16. The number of nitrogens with one attached hydrogen (secondary N) is 3. The van der Waals surface area contributed by atoms with E-state index in [1.807, 2.05) is 60.8 Å². The van der Waals surface area contributed by atoms with Crippen molar-refractivity contribution in [3.8, 4) is 0 Å². The summed E-state index contributed by atoms with van der Waals surface area (Å²) in [7, 11) is 0. The largest absolute Gasteiger partial charge is 0.478 e. The van der Waals surface area contributed by atoms with Gasteiger partial charge in [-0.15, -0.1) is 0 Å². The summed E-state index contributed by atoms with van der Waals surface area (Å²) in [6.07, 6.45) is 3.87. The third-order valence-electron chi connectivity index (χ3n) is 5.11. The van der Waals surface area contributed by atoms with Crippen molar-refractivity contribution in [1.82, 2.24) is 15.6 Å². The van der Waals surface area contributed by atoms with Gasteiger partial charge in [0, 0.05) is 42.2 Å². The molecule has 1 aromatic heterocycles. The molecule has 166 valence electrons. The molecule has 0 spiro atoms. The lowest BCUT2D eigenvalue weighted by molar-refractivity contribution is -0.131. The molecular formula is C24H26N4O4. The van der Waals surface area contributed by atoms with Gasteiger partial charge < -0.3 is 26.5 Å². The van der Waals surface area contributed by atoms with Crippen LogP contribution in [0.4, 0.5) is 0 Å². The molecule has 0 fully saturated rings. The van der Waals surface area contributed by atoms with Crippen molar-refractivity contribution in [3.63, 3.8) is 0 Å². The van der Waals surface area contributed by atoms with E-state index in [1.165, 1.54) is 0 Å². The van der Waals surface area contributed by atoms with Gasteiger partial charge in [0.1, 0.15) is 0 Å². The van der Waals surface area contributed by atoms with Crippen LogP contribution in [0.1, 0.15) is 24.1 Å². The first-order valence-corrected chi connectivity index (χ1v) is 10.1. The van der Waals surface area contributed by atoms with E-state index in [0.29, 0.717) is 6.42 Å². The van der Waals surface area contributed by atoms with Crippen molar-refractivity contribution in [1.29, 1.82) is 0 Å². The molecule has 1 heterocycles. The zero-order chi connectivity index (χ0) is 23.1. The molecule has 0 saturated carbocycles. The number of benzene rings is 2. The van der Waals surface area contributed by atoms with E-state index in [4.69, 9.17) is 10.8 Å². The normalized spacial score (nSPS) is 14.1.